The van der Waals surface area contributed by atoms with Gasteiger partial charge in [0.1, 0.15) is 0 Å². The second-order valence-electron chi connectivity index (χ2n) is 5.53. The molecule has 1 aliphatic heterocycles. The van der Waals surface area contributed by atoms with E-state index >= 15 is 0 Å². The molecular weight excluding hydrogens is 417 g/mol. The zero-order valence-electron chi connectivity index (χ0n) is 13.6. The first kappa shape index (κ1) is 18.4. The van der Waals surface area contributed by atoms with Crippen molar-refractivity contribution in [3.05, 3.63) is 53.6 Å². The smallest absolute Gasteiger partial charge is 0.193 e. The number of nitrogens with zero attached hydrogens (tertiary/aromatic N) is 1. The Labute approximate surface area is 159 Å². The van der Waals surface area contributed by atoms with Crippen LogP contribution in [0.4, 0.5) is 5.69 Å². The summed E-state index contributed by atoms with van der Waals surface area (Å²) in [6.45, 7) is 3.90. The highest BCUT2D eigenvalue weighted by Crippen LogP contribution is 2.30. The minimum atomic E-state index is 0. The molecule has 1 heterocycles. The number of hydrogen-bond donors (Lipinski definition) is 2. The maximum Gasteiger partial charge on any atom is 0.193 e. The highest BCUT2D eigenvalue weighted by molar-refractivity contribution is 14.0. The Balaban J connectivity index is 0.00000208. The third-order valence-electron chi connectivity index (χ3n) is 3.53. The quantitative estimate of drug-likeness (QED) is 0.435. The summed E-state index contributed by atoms with van der Waals surface area (Å²) in [6, 6.07) is 13.9. The third kappa shape index (κ3) is 5.02. The third-order valence-corrected chi connectivity index (χ3v) is 3.53. The minimum absolute atomic E-state index is 0. The number of benzene rings is 2. The van der Waals surface area contributed by atoms with Crippen molar-refractivity contribution in [1.29, 1.82) is 0 Å². The van der Waals surface area contributed by atoms with Gasteiger partial charge in [0.2, 0.25) is 0 Å². The van der Waals surface area contributed by atoms with Crippen LogP contribution in [-0.4, -0.2) is 19.2 Å². The summed E-state index contributed by atoms with van der Waals surface area (Å²) >= 11 is 0. The van der Waals surface area contributed by atoms with E-state index in [1.54, 1.807) is 0 Å². The lowest BCUT2D eigenvalue weighted by atomic mass is 10.2. The number of rotatable bonds is 3. The molecule has 0 spiro atoms. The normalized spacial score (nSPS) is 13.6. The van der Waals surface area contributed by atoms with Crippen LogP contribution in [0, 0.1) is 6.92 Å². The molecule has 6 heteroatoms. The van der Waals surface area contributed by atoms with Gasteiger partial charge in [-0.05, 0) is 42.3 Å². The number of aliphatic imine (C=N–C) groups is 1. The number of anilines is 1. The molecule has 0 atom stereocenters. The van der Waals surface area contributed by atoms with E-state index in [0.717, 1.165) is 29.2 Å². The van der Waals surface area contributed by atoms with E-state index in [0.29, 0.717) is 25.7 Å². The number of ether oxygens (including phenoxy) is 2. The van der Waals surface area contributed by atoms with Gasteiger partial charge in [-0.1, -0.05) is 18.2 Å². The largest absolute Gasteiger partial charge is 0.490 e. The molecule has 0 amide bonds. The lowest BCUT2D eigenvalue weighted by Crippen LogP contribution is -2.22. The van der Waals surface area contributed by atoms with Gasteiger partial charge in [0.25, 0.3) is 0 Å². The van der Waals surface area contributed by atoms with E-state index in [-0.39, 0.29) is 24.0 Å². The molecule has 0 saturated heterocycles. The van der Waals surface area contributed by atoms with E-state index < -0.39 is 0 Å². The molecule has 3 rings (SSSR count). The fourth-order valence-electron chi connectivity index (χ4n) is 2.39. The standard InChI is InChI=1S/C18H21N3O2.HI/c1-13-4-2-5-15(10-13)21-18(19)20-12-14-6-7-16-17(11-14)23-9-3-8-22-16;/h2,4-7,10-11H,3,8-9,12H2,1H3,(H3,19,20,21);1H. The molecule has 2 aromatic carbocycles. The molecule has 128 valence electrons. The van der Waals surface area contributed by atoms with E-state index in [4.69, 9.17) is 15.2 Å². The Kier molecular flexibility index (Phi) is 6.72. The Morgan fingerprint density at radius 3 is 2.71 bits per heavy atom. The van der Waals surface area contributed by atoms with Gasteiger partial charge >= 0.3 is 0 Å². The predicted molar refractivity (Wildman–Crippen MR) is 108 cm³/mol. The summed E-state index contributed by atoms with van der Waals surface area (Å²) in [5.41, 5.74) is 9.09. The average molecular weight is 439 g/mol. The zero-order valence-corrected chi connectivity index (χ0v) is 15.9. The number of guanidine groups is 1. The first-order chi connectivity index (χ1) is 11.2. The summed E-state index contributed by atoms with van der Waals surface area (Å²) in [6.07, 6.45) is 0.898. The van der Waals surface area contributed by atoms with Crippen molar-refractivity contribution < 1.29 is 9.47 Å². The zero-order chi connectivity index (χ0) is 16.1. The van der Waals surface area contributed by atoms with Crippen LogP contribution in [0.3, 0.4) is 0 Å². The van der Waals surface area contributed by atoms with Crippen molar-refractivity contribution in [2.24, 2.45) is 10.7 Å². The highest BCUT2D eigenvalue weighted by Gasteiger charge is 2.10. The van der Waals surface area contributed by atoms with E-state index in [1.165, 1.54) is 5.56 Å². The Bertz CT molecular complexity index is 719. The first-order valence-electron chi connectivity index (χ1n) is 7.73. The van der Waals surface area contributed by atoms with Crippen molar-refractivity contribution in [3.63, 3.8) is 0 Å². The second-order valence-corrected chi connectivity index (χ2v) is 5.53. The van der Waals surface area contributed by atoms with Crippen LogP contribution in [0.1, 0.15) is 17.5 Å². The maximum atomic E-state index is 5.95. The molecule has 0 aromatic heterocycles. The molecule has 1 aliphatic rings. The maximum absolute atomic E-state index is 5.95. The lowest BCUT2D eigenvalue weighted by Gasteiger charge is -2.09. The van der Waals surface area contributed by atoms with Gasteiger partial charge in [0, 0.05) is 12.1 Å². The van der Waals surface area contributed by atoms with Gasteiger partial charge in [-0.15, -0.1) is 24.0 Å². The van der Waals surface area contributed by atoms with Gasteiger partial charge < -0.3 is 20.5 Å². The Morgan fingerprint density at radius 2 is 1.92 bits per heavy atom. The van der Waals surface area contributed by atoms with Crippen molar-refractivity contribution in [1.82, 2.24) is 0 Å². The van der Waals surface area contributed by atoms with Gasteiger partial charge in [-0.3, -0.25) is 0 Å². The second kappa shape index (κ2) is 8.77. The molecule has 0 radical (unpaired) electrons. The number of nitrogens with two attached hydrogens (primary N) is 1. The van der Waals surface area contributed by atoms with Gasteiger partial charge in [-0.2, -0.15) is 0 Å². The predicted octanol–water partition coefficient (Wildman–Crippen LogP) is 3.70. The van der Waals surface area contributed by atoms with Gasteiger partial charge in [0.15, 0.2) is 17.5 Å². The van der Waals surface area contributed by atoms with Crippen LogP contribution in [0.15, 0.2) is 47.5 Å². The van der Waals surface area contributed by atoms with Gasteiger partial charge in [0.05, 0.1) is 19.8 Å². The number of hydrogen-bond acceptors (Lipinski definition) is 3. The fourth-order valence-corrected chi connectivity index (χ4v) is 2.39. The van der Waals surface area contributed by atoms with E-state index in [1.807, 2.05) is 49.4 Å². The average Bonchev–Trinajstić information content (AvgIpc) is 2.77. The number of aryl methyl sites for hydroxylation is 1. The minimum Gasteiger partial charge on any atom is -0.490 e. The van der Waals surface area contributed by atoms with E-state index in [9.17, 15) is 0 Å². The SMILES string of the molecule is Cc1cccc(NC(N)=NCc2ccc3c(c2)OCCCO3)c1.I. The van der Waals surface area contributed by atoms with Crippen LogP contribution in [0.25, 0.3) is 0 Å². The summed E-state index contributed by atoms with van der Waals surface area (Å²) in [4.78, 5) is 4.38. The monoisotopic (exact) mass is 439 g/mol. The van der Waals surface area contributed by atoms with E-state index in [2.05, 4.69) is 10.3 Å². The van der Waals surface area contributed by atoms with Crippen molar-refractivity contribution in [3.8, 4) is 11.5 Å². The first-order valence-corrected chi connectivity index (χ1v) is 7.73. The Morgan fingerprint density at radius 1 is 1.12 bits per heavy atom. The molecule has 0 fully saturated rings. The fraction of sp³-hybridized carbons (Fsp3) is 0.278. The Hall–Kier alpha value is -1.96. The number of halogens is 1. The summed E-state index contributed by atoms with van der Waals surface area (Å²) < 4.78 is 11.3. The van der Waals surface area contributed by atoms with Crippen molar-refractivity contribution in [2.45, 2.75) is 19.9 Å². The molecule has 0 unspecified atom stereocenters. The van der Waals surface area contributed by atoms with Crippen LogP contribution in [-0.2, 0) is 6.54 Å². The molecule has 24 heavy (non-hydrogen) atoms. The van der Waals surface area contributed by atoms with Crippen molar-refractivity contribution >= 4 is 35.6 Å². The van der Waals surface area contributed by atoms with Crippen molar-refractivity contribution in [2.75, 3.05) is 18.5 Å². The molecule has 5 nitrogen and oxygen atoms in total. The molecule has 3 N–H and O–H groups in total. The van der Waals surface area contributed by atoms with Crippen LogP contribution in [0.2, 0.25) is 0 Å². The highest BCUT2D eigenvalue weighted by atomic mass is 127. The number of nitrogens with one attached hydrogen (secondary N) is 1. The summed E-state index contributed by atoms with van der Waals surface area (Å²) in [5, 5.41) is 3.10. The molecular formula is C18H22IN3O2. The lowest BCUT2D eigenvalue weighted by molar-refractivity contribution is 0.297. The van der Waals surface area contributed by atoms with Crippen LogP contribution < -0.4 is 20.5 Å². The van der Waals surface area contributed by atoms with Gasteiger partial charge in [-0.25, -0.2) is 4.99 Å². The topological polar surface area (TPSA) is 68.9 Å². The molecule has 0 bridgehead atoms. The summed E-state index contributed by atoms with van der Waals surface area (Å²) in [5.74, 6) is 1.96. The summed E-state index contributed by atoms with van der Waals surface area (Å²) in [7, 11) is 0. The number of fused-ring (bicyclic) bond motifs is 1. The van der Waals surface area contributed by atoms with Crippen LogP contribution >= 0.6 is 24.0 Å². The molecule has 0 aliphatic carbocycles. The molecule has 0 saturated carbocycles. The molecule has 2 aromatic rings. The van der Waals surface area contributed by atoms with Crippen LogP contribution in [0.5, 0.6) is 11.5 Å².